The SMILES string of the molecule is CCOC(=O)c1nc2ccccn2c1N=Nc1ccc(C)cc1. The minimum atomic E-state index is -0.506. The lowest BCUT2D eigenvalue weighted by molar-refractivity contribution is 0.0521. The first-order valence-electron chi connectivity index (χ1n) is 7.31. The first-order valence-corrected chi connectivity index (χ1v) is 7.31. The van der Waals surface area contributed by atoms with Gasteiger partial charge in [-0.15, -0.1) is 10.2 Å². The van der Waals surface area contributed by atoms with Crippen LogP contribution < -0.4 is 0 Å². The quantitative estimate of drug-likeness (QED) is 0.535. The van der Waals surface area contributed by atoms with Crippen molar-refractivity contribution in [3.63, 3.8) is 0 Å². The molecule has 3 rings (SSSR count). The zero-order valence-electron chi connectivity index (χ0n) is 12.9. The van der Waals surface area contributed by atoms with E-state index in [9.17, 15) is 4.79 Å². The van der Waals surface area contributed by atoms with Crippen LogP contribution in [0.5, 0.6) is 0 Å². The van der Waals surface area contributed by atoms with Crippen LogP contribution in [0.4, 0.5) is 11.5 Å². The van der Waals surface area contributed by atoms with Gasteiger partial charge in [-0.2, -0.15) is 0 Å². The van der Waals surface area contributed by atoms with Crippen molar-refractivity contribution in [2.75, 3.05) is 6.61 Å². The maximum Gasteiger partial charge on any atom is 0.360 e. The van der Waals surface area contributed by atoms with E-state index in [0.29, 0.717) is 17.2 Å². The summed E-state index contributed by atoms with van der Waals surface area (Å²) in [5.74, 6) is -0.145. The van der Waals surface area contributed by atoms with Crippen LogP contribution in [0.15, 0.2) is 58.9 Å². The lowest BCUT2D eigenvalue weighted by atomic mass is 10.2. The fourth-order valence-electron chi connectivity index (χ4n) is 2.13. The number of aromatic nitrogens is 2. The van der Waals surface area contributed by atoms with Gasteiger partial charge in [-0.1, -0.05) is 23.8 Å². The predicted molar refractivity (Wildman–Crippen MR) is 86.5 cm³/mol. The van der Waals surface area contributed by atoms with E-state index in [-0.39, 0.29) is 12.3 Å². The zero-order valence-corrected chi connectivity index (χ0v) is 12.9. The van der Waals surface area contributed by atoms with Gasteiger partial charge in [-0.05, 0) is 38.1 Å². The molecule has 2 heterocycles. The smallest absolute Gasteiger partial charge is 0.360 e. The van der Waals surface area contributed by atoms with E-state index in [4.69, 9.17) is 4.74 Å². The molecular weight excluding hydrogens is 292 g/mol. The van der Waals surface area contributed by atoms with Gasteiger partial charge in [0.05, 0.1) is 12.3 Å². The maximum atomic E-state index is 12.1. The van der Waals surface area contributed by atoms with E-state index in [1.54, 1.807) is 23.6 Å². The third-order valence-electron chi connectivity index (χ3n) is 3.27. The summed E-state index contributed by atoms with van der Waals surface area (Å²) in [7, 11) is 0. The molecule has 0 bridgehead atoms. The van der Waals surface area contributed by atoms with Gasteiger partial charge in [0.1, 0.15) is 5.65 Å². The van der Waals surface area contributed by atoms with Crippen molar-refractivity contribution in [1.29, 1.82) is 0 Å². The third-order valence-corrected chi connectivity index (χ3v) is 3.27. The first-order chi connectivity index (χ1) is 11.2. The van der Waals surface area contributed by atoms with E-state index in [0.717, 1.165) is 5.56 Å². The maximum absolute atomic E-state index is 12.1. The molecular formula is C17H16N4O2. The molecule has 0 aliphatic rings. The van der Waals surface area contributed by atoms with Crippen LogP contribution in [-0.2, 0) is 4.74 Å². The number of pyridine rings is 1. The summed E-state index contributed by atoms with van der Waals surface area (Å²) >= 11 is 0. The van der Waals surface area contributed by atoms with Crippen molar-refractivity contribution in [2.24, 2.45) is 10.2 Å². The Morgan fingerprint density at radius 1 is 1.17 bits per heavy atom. The van der Waals surface area contributed by atoms with Crippen molar-refractivity contribution in [2.45, 2.75) is 13.8 Å². The molecule has 23 heavy (non-hydrogen) atoms. The Kier molecular flexibility index (Phi) is 4.14. The lowest BCUT2D eigenvalue weighted by Gasteiger charge is -1.99. The molecule has 0 radical (unpaired) electrons. The van der Waals surface area contributed by atoms with Gasteiger partial charge in [0.15, 0.2) is 11.5 Å². The molecule has 116 valence electrons. The van der Waals surface area contributed by atoms with Gasteiger partial charge >= 0.3 is 5.97 Å². The van der Waals surface area contributed by atoms with Crippen molar-refractivity contribution < 1.29 is 9.53 Å². The number of azo groups is 1. The number of carbonyl (C=O) groups excluding carboxylic acids is 1. The summed E-state index contributed by atoms with van der Waals surface area (Å²) in [4.78, 5) is 16.4. The largest absolute Gasteiger partial charge is 0.461 e. The fraction of sp³-hybridized carbons (Fsp3) is 0.176. The van der Waals surface area contributed by atoms with Gasteiger partial charge in [0, 0.05) is 6.20 Å². The van der Waals surface area contributed by atoms with E-state index < -0.39 is 5.97 Å². The summed E-state index contributed by atoms with van der Waals surface area (Å²) in [6.07, 6.45) is 1.79. The summed E-state index contributed by atoms with van der Waals surface area (Å²) < 4.78 is 6.76. The molecule has 1 aromatic carbocycles. The van der Waals surface area contributed by atoms with Crippen molar-refractivity contribution in [3.8, 4) is 0 Å². The number of rotatable bonds is 4. The molecule has 6 heteroatoms. The van der Waals surface area contributed by atoms with Gasteiger partial charge in [-0.3, -0.25) is 4.40 Å². The van der Waals surface area contributed by atoms with Crippen LogP contribution in [-0.4, -0.2) is 22.0 Å². The van der Waals surface area contributed by atoms with E-state index >= 15 is 0 Å². The van der Waals surface area contributed by atoms with E-state index in [1.807, 2.05) is 43.3 Å². The number of esters is 1. The highest BCUT2D eigenvalue weighted by atomic mass is 16.5. The molecule has 0 fully saturated rings. The van der Waals surface area contributed by atoms with Crippen molar-refractivity contribution in [3.05, 3.63) is 59.9 Å². The number of ether oxygens (including phenoxy) is 1. The second-order valence-electron chi connectivity index (χ2n) is 4.97. The Hall–Kier alpha value is -3.02. The first kappa shape index (κ1) is 14.9. The van der Waals surface area contributed by atoms with E-state index in [1.165, 1.54) is 0 Å². The number of fused-ring (bicyclic) bond motifs is 1. The van der Waals surface area contributed by atoms with Gasteiger partial charge in [0.2, 0.25) is 0 Å². The molecule has 0 spiro atoms. The number of nitrogens with zero attached hydrogens (tertiary/aromatic N) is 4. The topological polar surface area (TPSA) is 68.3 Å². The molecule has 2 aromatic heterocycles. The Morgan fingerprint density at radius 3 is 2.70 bits per heavy atom. The summed E-state index contributed by atoms with van der Waals surface area (Å²) in [6.45, 7) is 4.03. The number of hydrogen-bond donors (Lipinski definition) is 0. The van der Waals surface area contributed by atoms with Crippen LogP contribution >= 0.6 is 0 Å². The minimum absolute atomic E-state index is 0.161. The van der Waals surface area contributed by atoms with Gasteiger partial charge in [0.25, 0.3) is 0 Å². The summed E-state index contributed by atoms with van der Waals surface area (Å²) in [5.41, 5.74) is 2.63. The highest BCUT2D eigenvalue weighted by Crippen LogP contribution is 2.25. The Morgan fingerprint density at radius 2 is 1.96 bits per heavy atom. The second-order valence-corrected chi connectivity index (χ2v) is 4.97. The van der Waals surface area contributed by atoms with Crippen molar-refractivity contribution >= 4 is 23.1 Å². The minimum Gasteiger partial charge on any atom is -0.461 e. The average molecular weight is 308 g/mol. The Bertz CT molecular complexity index is 866. The molecule has 0 saturated heterocycles. The fourth-order valence-corrected chi connectivity index (χ4v) is 2.13. The molecule has 0 N–H and O–H groups in total. The number of benzene rings is 1. The van der Waals surface area contributed by atoms with Crippen LogP contribution in [0.2, 0.25) is 0 Å². The van der Waals surface area contributed by atoms with Crippen LogP contribution in [0, 0.1) is 6.92 Å². The lowest BCUT2D eigenvalue weighted by Crippen LogP contribution is -2.05. The number of imidazole rings is 1. The Labute approximate surface area is 133 Å². The van der Waals surface area contributed by atoms with Crippen LogP contribution in [0.25, 0.3) is 5.65 Å². The highest BCUT2D eigenvalue weighted by Gasteiger charge is 2.19. The number of aryl methyl sites for hydroxylation is 1. The van der Waals surface area contributed by atoms with Gasteiger partial charge in [-0.25, -0.2) is 9.78 Å². The molecule has 0 saturated carbocycles. The normalized spacial score (nSPS) is 11.2. The van der Waals surface area contributed by atoms with Crippen LogP contribution in [0.3, 0.4) is 0 Å². The molecule has 0 aliphatic heterocycles. The molecule has 0 aliphatic carbocycles. The van der Waals surface area contributed by atoms with Crippen LogP contribution in [0.1, 0.15) is 23.0 Å². The molecule has 6 nitrogen and oxygen atoms in total. The Balaban J connectivity index is 2.05. The predicted octanol–water partition coefficient (Wildman–Crippen LogP) is 4.23. The number of hydrogen-bond acceptors (Lipinski definition) is 5. The highest BCUT2D eigenvalue weighted by molar-refractivity contribution is 5.93. The standard InChI is InChI=1S/C17H16N4O2/c1-3-23-17(22)15-16(21-11-5-4-6-14(21)18-15)20-19-13-9-7-12(2)8-10-13/h4-11H,3H2,1-2H3. The van der Waals surface area contributed by atoms with E-state index in [2.05, 4.69) is 15.2 Å². The molecule has 3 aromatic rings. The monoisotopic (exact) mass is 308 g/mol. The third kappa shape index (κ3) is 3.11. The summed E-state index contributed by atoms with van der Waals surface area (Å²) in [5, 5.41) is 8.42. The zero-order chi connectivity index (χ0) is 16.2. The number of carbonyl (C=O) groups is 1. The van der Waals surface area contributed by atoms with Gasteiger partial charge < -0.3 is 4.74 Å². The molecule has 0 unspecified atom stereocenters. The summed E-state index contributed by atoms with van der Waals surface area (Å²) in [6, 6.07) is 13.1. The van der Waals surface area contributed by atoms with Crippen molar-refractivity contribution in [1.82, 2.24) is 9.38 Å². The average Bonchev–Trinajstić information content (AvgIpc) is 2.93. The second kappa shape index (κ2) is 6.39. The molecule has 0 amide bonds. The molecule has 0 atom stereocenters.